The van der Waals surface area contributed by atoms with Gasteiger partial charge >= 0.3 is 0 Å². The van der Waals surface area contributed by atoms with Gasteiger partial charge in [0.25, 0.3) is 0 Å². The number of carbonyl (C=O) groups is 2. The van der Waals surface area contributed by atoms with Gasteiger partial charge in [-0.2, -0.15) is 0 Å². The van der Waals surface area contributed by atoms with Crippen LogP contribution in [0.15, 0.2) is 18.2 Å². The van der Waals surface area contributed by atoms with Crippen LogP contribution in [-0.2, 0) is 9.59 Å². The van der Waals surface area contributed by atoms with Crippen LogP contribution in [0.3, 0.4) is 0 Å². The number of hydrogen-bond acceptors (Lipinski definition) is 4. The number of ether oxygens (including phenoxy) is 1. The molecule has 1 aromatic rings. The van der Waals surface area contributed by atoms with Crippen molar-refractivity contribution in [1.29, 1.82) is 0 Å². The van der Waals surface area contributed by atoms with E-state index in [1.165, 1.54) is 0 Å². The van der Waals surface area contributed by atoms with Crippen LogP contribution in [0.4, 0.5) is 0 Å². The van der Waals surface area contributed by atoms with Crippen molar-refractivity contribution in [1.82, 2.24) is 14.7 Å². The molecule has 0 atom stereocenters. The first kappa shape index (κ1) is 21.8. The third-order valence-corrected chi connectivity index (χ3v) is 5.38. The van der Waals surface area contributed by atoms with E-state index in [2.05, 4.69) is 4.90 Å². The smallest absolute Gasteiger partial charge is 0.223 e. The highest BCUT2D eigenvalue weighted by atomic mass is 35.5. The van der Waals surface area contributed by atoms with Crippen LogP contribution in [0.5, 0.6) is 5.75 Å². The zero-order valence-electron chi connectivity index (χ0n) is 15.9. The molecular formula is C19H27Cl2N3O3. The van der Waals surface area contributed by atoms with E-state index in [1.807, 2.05) is 4.90 Å². The van der Waals surface area contributed by atoms with Gasteiger partial charge in [0.15, 0.2) is 0 Å². The summed E-state index contributed by atoms with van der Waals surface area (Å²) >= 11 is 12.0. The standard InChI is InChI=1S/C19H27Cl2N3O3/c1-22(2)17(25)8-9-23-10-12-24(13-11-23)18(26)7-4-14-27-16-6-3-5-15(20)19(16)21/h3,5-6H,4,7-14H2,1-2H3. The fraction of sp³-hybridized carbons (Fsp3) is 0.579. The normalized spacial score (nSPS) is 14.9. The quantitative estimate of drug-likeness (QED) is 0.612. The fourth-order valence-corrected chi connectivity index (χ4v) is 3.20. The molecule has 8 heteroatoms. The first-order valence-corrected chi connectivity index (χ1v) is 9.91. The number of piperazine rings is 1. The van der Waals surface area contributed by atoms with Gasteiger partial charge in [-0.25, -0.2) is 0 Å². The summed E-state index contributed by atoms with van der Waals surface area (Å²) < 4.78 is 5.61. The lowest BCUT2D eigenvalue weighted by Crippen LogP contribution is -2.49. The second-order valence-corrected chi connectivity index (χ2v) is 7.55. The molecule has 1 aliphatic rings. The van der Waals surface area contributed by atoms with Gasteiger partial charge < -0.3 is 14.5 Å². The second kappa shape index (κ2) is 10.7. The van der Waals surface area contributed by atoms with Crippen molar-refractivity contribution in [3.8, 4) is 5.75 Å². The summed E-state index contributed by atoms with van der Waals surface area (Å²) in [6.07, 6.45) is 1.58. The molecule has 6 nitrogen and oxygen atoms in total. The van der Waals surface area contributed by atoms with E-state index in [9.17, 15) is 9.59 Å². The lowest BCUT2D eigenvalue weighted by molar-refractivity contribution is -0.134. The van der Waals surface area contributed by atoms with Crippen LogP contribution in [0.1, 0.15) is 19.3 Å². The summed E-state index contributed by atoms with van der Waals surface area (Å²) in [4.78, 5) is 29.7. The summed E-state index contributed by atoms with van der Waals surface area (Å²) in [5.74, 6) is 0.811. The molecular weight excluding hydrogens is 389 g/mol. The van der Waals surface area contributed by atoms with Gasteiger partial charge in [0, 0.05) is 59.7 Å². The molecule has 0 aromatic heterocycles. The molecule has 2 amide bonds. The van der Waals surface area contributed by atoms with E-state index in [4.69, 9.17) is 27.9 Å². The van der Waals surface area contributed by atoms with Crippen molar-refractivity contribution in [3.05, 3.63) is 28.2 Å². The Labute approximate surface area is 170 Å². The van der Waals surface area contributed by atoms with E-state index >= 15 is 0 Å². The molecule has 1 aliphatic heterocycles. The lowest BCUT2D eigenvalue weighted by atomic mass is 10.2. The van der Waals surface area contributed by atoms with Crippen LogP contribution in [0, 0.1) is 0 Å². The predicted octanol–water partition coefficient (Wildman–Crippen LogP) is 2.77. The van der Waals surface area contributed by atoms with Gasteiger partial charge in [-0.05, 0) is 18.6 Å². The van der Waals surface area contributed by atoms with Crippen molar-refractivity contribution in [2.75, 3.05) is 53.4 Å². The Bertz CT molecular complexity index is 647. The molecule has 0 saturated carbocycles. The topological polar surface area (TPSA) is 53.1 Å². The monoisotopic (exact) mass is 415 g/mol. The molecule has 0 bridgehead atoms. The maximum atomic E-state index is 12.3. The predicted molar refractivity (Wildman–Crippen MR) is 108 cm³/mol. The number of amides is 2. The van der Waals surface area contributed by atoms with E-state index in [-0.39, 0.29) is 11.8 Å². The molecule has 0 radical (unpaired) electrons. The number of nitrogens with zero attached hydrogens (tertiary/aromatic N) is 3. The zero-order valence-corrected chi connectivity index (χ0v) is 17.4. The molecule has 1 fully saturated rings. The minimum Gasteiger partial charge on any atom is -0.492 e. The molecule has 1 saturated heterocycles. The van der Waals surface area contributed by atoms with Crippen LogP contribution in [0.25, 0.3) is 0 Å². The van der Waals surface area contributed by atoms with Crippen LogP contribution >= 0.6 is 23.2 Å². The summed E-state index contributed by atoms with van der Waals surface area (Å²) in [5, 5.41) is 0.852. The molecule has 1 heterocycles. The number of rotatable bonds is 8. The number of halogens is 2. The van der Waals surface area contributed by atoms with E-state index < -0.39 is 0 Å². The molecule has 0 unspecified atom stereocenters. The fourth-order valence-electron chi connectivity index (χ4n) is 2.86. The van der Waals surface area contributed by atoms with Crippen molar-refractivity contribution >= 4 is 35.0 Å². The first-order chi connectivity index (χ1) is 12.9. The maximum absolute atomic E-state index is 12.3. The Morgan fingerprint density at radius 2 is 1.81 bits per heavy atom. The molecule has 27 heavy (non-hydrogen) atoms. The number of benzene rings is 1. The van der Waals surface area contributed by atoms with Crippen LogP contribution < -0.4 is 4.74 Å². The SMILES string of the molecule is CN(C)C(=O)CCN1CCN(C(=O)CCCOc2cccc(Cl)c2Cl)CC1. The second-order valence-electron chi connectivity index (χ2n) is 6.76. The van der Waals surface area contributed by atoms with Gasteiger partial charge in [-0.15, -0.1) is 0 Å². The van der Waals surface area contributed by atoms with Crippen LogP contribution in [-0.4, -0.2) is 79.9 Å². The van der Waals surface area contributed by atoms with Gasteiger partial charge in [-0.3, -0.25) is 14.5 Å². The number of hydrogen-bond donors (Lipinski definition) is 0. The van der Waals surface area contributed by atoms with Crippen molar-refractivity contribution in [2.45, 2.75) is 19.3 Å². The Morgan fingerprint density at radius 3 is 2.48 bits per heavy atom. The van der Waals surface area contributed by atoms with Gasteiger partial charge in [-0.1, -0.05) is 29.3 Å². The largest absolute Gasteiger partial charge is 0.492 e. The van der Waals surface area contributed by atoms with Crippen molar-refractivity contribution < 1.29 is 14.3 Å². The molecule has 0 aliphatic carbocycles. The average Bonchev–Trinajstić information content (AvgIpc) is 2.66. The Balaban J connectivity index is 1.63. The van der Waals surface area contributed by atoms with Gasteiger partial charge in [0.1, 0.15) is 10.8 Å². The third-order valence-electron chi connectivity index (χ3n) is 4.57. The molecule has 0 spiro atoms. The Kier molecular flexibility index (Phi) is 8.67. The zero-order chi connectivity index (χ0) is 19.8. The molecule has 0 N–H and O–H groups in total. The average molecular weight is 416 g/mol. The summed E-state index contributed by atoms with van der Waals surface area (Å²) in [6, 6.07) is 5.24. The highest BCUT2D eigenvalue weighted by Gasteiger charge is 2.21. The number of carbonyl (C=O) groups excluding carboxylic acids is 2. The van der Waals surface area contributed by atoms with Gasteiger partial charge in [0.05, 0.1) is 11.6 Å². The first-order valence-electron chi connectivity index (χ1n) is 9.15. The van der Waals surface area contributed by atoms with Crippen molar-refractivity contribution in [2.24, 2.45) is 0 Å². The van der Waals surface area contributed by atoms with Gasteiger partial charge in [0.2, 0.25) is 11.8 Å². The summed E-state index contributed by atoms with van der Waals surface area (Å²) in [6.45, 7) is 4.18. The third kappa shape index (κ3) is 6.87. The van der Waals surface area contributed by atoms with E-state index in [0.717, 1.165) is 19.6 Å². The van der Waals surface area contributed by atoms with Crippen LogP contribution in [0.2, 0.25) is 10.0 Å². The lowest BCUT2D eigenvalue weighted by Gasteiger charge is -2.34. The Hall–Kier alpha value is -1.50. The summed E-state index contributed by atoms with van der Waals surface area (Å²) in [5.41, 5.74) is 0. The van der Waals surface area contributed by atoms with E-state index in [1.54, 1.807) is 37.2 Å². The highest BCUT2D eigenvalue weighted by Crippen LogP contribution is 2.31. The van der Waals surface area contributed by atoms with E-state index in [0.29, 0.717) is 54.8 Å². The maximum Gasteiger partial charge on any atom is 0.223 e. The Morgan fingerprint density at radius 1 is 1.11 bits per heavy atom. The molecule has 2 rings (SSSR count). The molecule has 150 valence electrons. The molecule has 1 aromatic carbocycles. The minimum atomic E-state index is 0.133. The minimum absolute atomic E-state index is 0.133. The summed E-state index contributed by atoms with van der Waals surface area (Å²) in [7, 11) is 3.53. The highest BCUT2D eigenvalue weighted by molar-refractivity contribution is 6.42. The van der Waals surface area contributed by atoms with Crippen molar-refractivity contribution in [3.63, 3.8) is 0 Å².